The van der Waals surface area contributed by atoms with Gasteiger partial charge in [0.2, 0.25) is 6.20 Å². The fraction of sp³-hybridized carbons (Fsp3) is 0.250. The lowest BCUT2D eigenvalue weighted by Gasteiger charge is -2.22. The number of hydrogen-bond acceptors (Lipinski definition) is 4. The van der Waals surface area contributed by atoms with Crippen molar-refractivity contribution in [3.8, 4) is 36.1 Å². The smallest absolute Gasteiger partial charge is 0.421 e. The van der Waals surface area contributed by atoms with Crippen molar-refractivity contribution in [1.29, 1.82) is 0 Å². The molecule has 0 amide bonds. The normalized spacial score (nSPS) is 13.6. The molecular weight excluding hydrogens is 428 g/mol. The first-order chi connectivity index (χ1) is 12.0. The number of nitrogens with zero attached hydrogens (tertiary/aromatic N) is 3. The van der Waals surface area contributed by atoms with Gasteiger partial charge in [0.25, 0.3) is 12.2 Å². The van der Waals surface area contributed by atoms with E-state index < -0.39 is 31.1 Å². The number of alkyl halides is 6. The van der Waals surface area contributed by atoms with E-state index in [0.717, 1.165) is 4.13 Å². The maximum Gasteiger partial charge on any atom is 0.505 e. The summed E-state index contributed by atoms with van der Waals surface area (Å²) in [6, 6.07) is 5.61. The SMILES string of the molecule is C#CC#CC#C[N+]1=C=[N+](C)C=C1.O=S(=O)([N-]S(=O)(=O)C(F)(F)F)C(F)(F)F. The number of terminal acetylenes is 1. The minimum atomic E-state index is -6.72. The molecule has 0 aromatic carbocycles. The van der Waals surface area contributed by atoms with Crippen molar-refractivity contribution in [2.24, 2.45) is 0 Å². The molecule has 15 heteroatoms. The first-order valence-corrected chi connectivity index (χ1v) is 8.71. The first kappa shape index (κ1) is 24.2. The second kappa shape index (κ2) is 8.75. The van der Waals surface area contributed by atoms with Gasteiger partial charge in [0.05, 0.1) is 5.92 Å². The molecule has 0 aromatic heterocycles. The van der Waals surface area contributed by atoms with Crippen LogP contribution in [-0.4, -0.2) is 50.1 Å². The van der Waals surface area contributed by atoms with E-state index in [1.807, 2.05) is 13.2 Å². The van der Waals surface area contributed by atoms with Gasteiger partial charge in [0.1, 0.15) is 0 Å². The van der Waals surface area contributed by atoms with Gasteiger partial charge in [-0.05, 0) is 16.4 Å². The highest BCUT2D eigenvalue weighted by Gasteiger charge is 2.46. The van der Waals surface area contributed by atoms with E-state index >= 15 is 0 Å². The van der Waals surface area contributed by atoms with E-state index in [9.17, 15) is 43.2 Å². The van der Waals surface area contributed by atoms with Crippen LogP contribution in [0.3, 0.4) is 0 Å². The number of halogens is 6. The van der Waals surface area contributed by atoms with Gasteiger partial charge in [-0.25, -0.2) is 16.8 Å². The van der Waals surface area contributed by atoms with E-state index in [0.29, 0.717) is 0 Å². The molecule has 0 saturated carbocycles. The average molecular weight is 434 g/mol. The van der Waals surface area contributed by atoms with Crippen molar-refractivity contribution in [3.63, 3.8) is 0 Å². The van der Waals surface area contributed by atoms with Crippen LogP contribution in [0.25, 0.3) is 4.13 Å². The summed E-state index contributed by atoms with van der Waals surface area (Å²) in [5.41, 5.74) is -12.4. The van der Waals surface area contributed by atoms with Crippen LogP contribution in [0.4, 0.5) is 26.3 Å². The molecule has 0 spiro atoms. The highest BCUT2D eigenvalue weighted by atomic mass is 32.3. The lowest BCUT2D eigenvalue weighted by atomic mass is 10.6. The van der Waals surface area contributed by atoms with Gasteiger partial charge in [0, 0.05) is 5.92 Å². The van der Waals surface area contributed by atoms with E-state index in [-0.39, 0.29) is 0 Å². The molecule has 0 aromatic rings. The van der Waals surface area contributed by atoms with Crippen molar-refractivity contribution in [1.82, 2.24) is 0 Å². The van der Waals surface area contributed by atoms with Crippen molar-refractivity contribution in [2.45, 2.75) is 11.0 Å². The fourth-order valence-electron chi connectivity index (χ4n) is 0.835. The van der Waals surface area contributed by atoms with Gasteiger partial charge >= 0.3 is 17.0 Å². The maximum absolute atomic E-state index is 11.4. The van der Waals surface area contributed by atoms with Crippen LogP contribution in [0.1, 0.15) is 0 Å². The Balaban J connectivity index is 0.000000511. The van der Waals surface area contributed by atoms with Crippen LogP contribution < -0.4 is 0 Å². The highest BCUT2D eigenvalue weighted by molar-refractivity contribution is 8.13. The summed E-state index contributed by atoms with van der Waals surface area (Å²) in [5.74, 6) is 9.64. The quantitative estimate of drug-likeness (QED) is 0.368. The molecule has 0 bridgehead atoms. The van der Waals surface area contributed by atoms with Gasteiger partial charge in [-0.3, -0.25) is 0 Å². The van der Waals surface area contributed by atoms with Crippen molar-refractivity contribution < 1.29 is 52.3 Å². The van der Waals surface area contributed by atoms with Crippen molar-refractivity contribution in [3.05, 3.63) is 16.5 Å². The summed E-state index contributed by atoms with van der Waals surface area (Å²) < 4.78 is 113. The highest BCUT2D eigenvalue weighted by Crippen LogP contribution is 2.36. The molecule has 1 aliphatic heterocycles. The van der Waals surface area contributed by atoms with Crippen LogP contribution in [-0.2, 0) is 20.0 Å². The lowest BCUT2D eigenvalue weighted by molar-refractivity contribution is -0.428. The molecule has 0 N–H and O–H groups in total. The Labute approximate surface area is 149 Å². The number of sulfonamides is 2. The van der Waals surface area contributed by atoms with Gasteiger partial charge in [0.15, 0.2) is 27.1 Å². The topological polar surface area (TPSA) is 88.4 Å². The third kappa shape index (κ3) is 7.98. The van der Waals surface area contributed by atoms with Crippen molar-refractivity contribution in [2.75, 3.05) is 7.05 Å². The summed E-state index contributed by atoms with van der Waals surface area (Å²) in [6.45, 7) is 0. The molecule has 0 aliphatic carbocycles. The Bertz CT molecular complexity index is 1020. The first-order valence-electron chi connectivity index (χ1n) is 5.83. The zero-order valence-electron chi connectivity index (χ0n) is 12.8. The largest absolute Gasteiger partial charge is 0.505 e. The Morgan fingerprint density at radius 2 is 1.41 bits per heavy atom. The van der Waals surface area contributed by atoms with E-state index in [2.05, 4.69) is 35.7 Å². The van der Waals surface area contributed by atoms with E-state index in [4.69, 9.17) is 6.42 Å². The summed E-state index contributed by atoms with van der Waals surface area (Å²) in [6.07, 6.45) is 8.52. The molecule has 1 heterocycles. The molecule has 1 aliphatic rings. The second-order valence-corrected chi connectivity index (χ2v) is 7.35. The van der Waals surface area contributed by atoms with Crippen LogP contribution in [0.2, 0.25) is 0 Å². The molecular formula is C12H6F6N3O4S2+. The number of hydrogen-bond donors (Lipinski definition) is 0. The predicted octanol–water partition coefficient (Wildman–Crippen LogP) is 0.957. The lowest BCUT2D eigenvalue weighted by Crippen LogP contribution is -2.30. The molecule has 0 atom stereocenters. The minimum Gasteiger partial charge on any atom is -0.421 e. The van der Waals surface area contributed by atoms with Crippen LogP contribution >= 0.6 is 0 Å². The standard InChI is InChI=1S/C10H6N2.C2F6NO4S2/c1-3-4-5-6-7-12-9-8-11(2)10-12;3-1(4,5)14(10,11)9-15(12,13)2(6,7)8/h1,8-9H,2H3;/q+2;-1. The maximum atomic E-state index is 11.4. The fourth-order valence-corrected chi connectivity index (χ4v) is 2.54. The third-order valence-electron chi connectivity index (χ3n) is 1.86. The molecule has 0 unspecified atom stereocenters. The third-order valence-corrected chi connectivity index (χ3v) is 4.60. The van der Waals surface area contributed by atoms with E-state index in [1.165, 1.54) is 0 Å². The van der Waals surface area contributed by atoms with Gasteiger partial charge in [-0.2, -0.15) is 26.3 Å². The van der Waals surface area contributed by atoms with Crippen molar-refractivity contribution >= 4 is 26.1 Å². The van der Waals surface area contributed by atoms with Gasteiger partial charge in [-0.1, -0.05) is 4.58 Å². The monoisotopic (exact) mass is 434 g/mol. The molecule has 0 radical (unpaired) electrons. The molecule has 146 valence electrons. The molecule has 27 heavy (non-hydrogen) atoms. The zero-order chi connectivity index (χ0) is 21.5. The molecule has 1 rings (SSSR count). The van der Waals surface area contributed by atoms with E-state index in [1.54, 1.807) is 15.4 Å². The summed E-state index contributed by atoms with van der Waals surface area (Å²) >= 11 is 0. The average Bonchev–Trinajstić information content (AvgIpc) is 2.86. The summed E-state index contributed by atoms with van der Waals surface area (Å²) in [7, 11) is -11.6. The second-order valence-electron chi connectivity index (χ2n) is 3.93. The van der Waals surface area contributed by atoms with Crippen LogP contribution in [0.15, 0.2) is 12.4 Å². The minimum absolute atomic E-state index is 0.778. The molecule has 0 fully saturated rings. The molecule has 7 nitrogen and oxygen atoms in total. The molecule has 0 saturated heterocycles. The van der Waals surface area contributed by atoms with Crippen LogP contribution in [0, 0.1) is 36.1 Å². The Morgan fingerprint density at radius 1 is 0.926 bits per heavy atom. The summed E-state index contributed by atoms with van der Waals surface area (Å²) in [4.78, 5) is 0. The summed E-state index contributed by atoms with van der Waals surface area (Å²) in [5, 5.41) is 0. The van der Waals surface area contributed by atoms with Gasteiger partial charge in [-0.15, -0.1) is 6.42 Å². The number of rotatable bonds is 2. The predicted molar refractivity (Wildman–Crippen MR) is 78.3 cm³/mol. The Kier molecular flexibility index (Phi) is 7.86. The van der Waals surface area contributed by atoms with Gasteiger partial charge < -0.3 is 4.13 Å². The van der Waals surface area contributed by atoms with Crippen LogP contribution in [0.5, 0.6) is 0 Å². The zero-order valence-corrected chi connectivity index (χ0v) is 14.4. The Hall–Kier alpha value is -2.76. The Morgan fingerprint density at radius 3 is 1.74 bits per heavy atom.